The summed E-state index contributed by atoms with van der Waals surface area (Å²) in [5, 5.41) is 4.83. The van der Waals surface area contributed by atoms with E-state index in [0.717, 1.165) is 11.1 Å². The number of aryl methyl sites for hydroxylation is 2. The van der Waals surface area contributed by atoms with Crippen molar-refractivity contribution in [2.75, 3.05) is 18.0 Å². The van der Waals surface area contributed by atoms with Gasteiger partial charge in [0.05, 0.1) is 11.4 Å². The summed E-state index contributed by atoms with van der Waals surface area (Å²) in [7, 11) is -7.35. The number of hydrogen-bond donors (Lipinski definition) is 3. The lowest BCUT2D eigenvalue weighted by molar-refractivity contribution is 0.577. The van der Waals surface area contributed by atoms with Crippen LogP contribution in [-0.4, -0.2) is 29.1 Å². The van der Waals surface area contributed by atoms with Gasteiger partial charge in [-0.3, -0.25) is 0 Å². The molecule has 0 saturated heterocycles. The summed E-state index contributed by atoms with van der Waals surface area (Å²) in [4.78, 5) is -0.00351. The van der Waals surface area contributed by atoms with Gasteiger partial charge in [-0.25, -0.2) is 26.7 Å². The average molecular weight is 321 g/mol. The van der Waals surface area contributed by atoms with E-state index >= 15 is 0 Å². The van der Waals surface area contributed by atoms with Gasteiger partial charge in [0.2, 0.25) is 20.0 Å². The quantitative estimate of drug-likeness (QED) is 0.495. The van der Waals surface area contributed by atoms with Gasteiger partial charge >= 0.3 is 0 Å². The van der Waals surface area contributed by atoms with E-state index in [2.05, 4.69) is 4.72 Å². The first-order valence-electron chi connectivity index (χ1n) is 5.90. The first-order valence-corrected chi connectivity index (χ1v) is 9.09. The first kappa shape index (κ1) is 16.9. The maximum atomic E-state index is 12.1. The number of hydrogen-bond acceptors (Lipinski definition) is 5. The number of sulfonamides is 2. The van der Waals surface area contributed by atoms with E-state index in [4.69, 9.17) is 10.9 Å². The molecule has 0 spiro atoms. The Labute approximate surface area is 119 Å². The van der Waals surface area contributed by atoms with Crippen LogP contribution in [-0.2, 0) is 20.0 Å². The largest absolute Gasteiger partial charge is 0.398 e. The van der Waals surface area contributed by atoms with Crippen LogP contribution in [0.5, 0.6) is 0 Å². The lowest BCUT2D eigenvalue weighted by Crippen LogP contribution is -2.28. The highest BCUT2D eigenvalue weighted by atomic mass is 32.2. The number of primary sulfonamides is 1. The van der Waals surface area contributed by atoms with Gasteiger partial charge < -0.3 is 5.73 Å². The summed E-state index contributed by atoms with van der Waals surface area (Å²) in [6.45, 7) is 3.60. The predicted molar refractivity (Wildman–Crippen MR) is 78.1 cm³/mol. The van der Waals surface area contributed by atoms with Gasteiger partial charge in [-0.15, -0.1) is 0 Å². The van der Waals surface area contributed by atoms with Gasteiger partial charge in [-0.05, 0) is 43.5 Å². The van der Waals surface area contributed by atoms with E-state index < -0.39 is 20.0 Å². The van der Waals surface area contributed by atoms with Crippen LogP contribution in [0, 0.1) is 13.8 Å². The summed E-state index contributed by atoms with van der Waals surface area (Å²) in [6, 6.07) is 3.08. The molecule has 1 aromatic rings. The van der Waals surface area contributed by atoms with E-state index in [9.17, 15) is 16.8 Å². The normalized spacial score (nSPS) is 12.6. The van der Waals surface area contributed by atoms with Gasteiger partial charge in [-0.1, -0.05) is 0 Å². The third kappa shape index (κ3) is 4.75. The Morgan fingerprint density at radius 2 is 1.65 bits per heavy atom. The van der Waals surface area contributed by atoms with E-state index in [0.29, 0.717) is 0 Å². The second-order valence-corrected chi connectivity index (χ2v) is 8.06. The Bertz CT molecular complexity index is 697. The predicted octanol–water partition coefficient (Wildman–Crippen LogP) is -0.157. The molecule has 0 radical (unpaired) electrons. The van der Waals surface area contributed by atoms with Crippen molar-refractivity contribution in [1.29, 1.82) is 0 Å². The zero-order valence-corrected chi connectivity index (χ0v) is 13.0. The minimum Gasteiger partial charge on any atom is -0.398 e. The van der Waals surface area contributed by atoms with Crippen molar-refractivity contribution in [3.8, 4) is 0 Å². The highest BCUT2D eigenvalue weighted by Gasteiger charge is 2.18. The van der Waals surface area contributed by atoms with Crippen molar-refractivity contribution < 1.29 is 16.8 Å². The fraction of sp³-hybridized carbons (Fsp3) is 0.455. The van der Waals surface area contributed by atoms with Crippen LogP contribution < -0.4 is 15.6 Å². The minimum atomic E-state index is -3.76. The van der Waals surface area contributed by atoms with Crippen molar-refractivity contribution in [3.63, 3.8) is 0 Å². The number of nitrogen functional groups attached to an aromatic ring is 1. The van der Waals surface area contributed by atoms with E-state index in [-0.39, 0.29) is 29.3 Å². The van der Waals surface area contributed by atoms with Crippen LogP contribution in [0.4, 0.5) is 5.69 Å². The van der Waals surface area contributed by atoms with E-state index in [1.807, 2.05) is 6.92 Å². The van der Waals surface area contributed by atoms with Gasteiger partial charge in [0.15, 0.2) is 0 Å². The van der Waals surface area contributed by atoms with Crippen LogP contribution in [0.3, 0.4) is 0 Å². The van der Waals surface area contributed by atoms with Crippen molar-refractivity contribution >= 4 is 25.7 Å². The number of anilines is 1. The molecule has 0 heterocycles. The van der Waals surface area contributed by atoms with Gasteiger partial charge in [0, 0.05) is 6.54 Å². The van der Waals surface area contributed by atoms with Crippen LogP contribution in [0.1, 0.15) is 17.5 Å². The second-order valence-electron chi connectivity index (χ2n) is 4.59. The van der Waals surface area contributed by atoms with Crippen molar-refractivity contribution in [3.05, 3.63) is 23.3 Å². The molecule has 0 aliphatic heterocycles. The SMILES string of the molecule is Cc1cc(N)c(S(=O)(=O)NCCCS(N)(=O)=O)cc1C. The third-order valence-corrected chi connectivity index (χ3v) is 5.19. The zero-order valence-electron chi connectivity index (χ0n) is 11.4. The fourth-order valence-electron chi connectivity index (χ4n) is 1.60. The van der Waals surface area contributed by atoms with Crippen molar-refractivity contribution in [2.24, 2.45) is 5.14 Å². The molecule has 0 fully saturated rings. The number of nitrogens with one attached hydrogen (secondary N) is 1. The molecule has 20 heavy (non-hydrogen) atoms. The molecule has 0 aliphatic rings. The number of rotatable bonds is 6. The summed E-state index contributed by atoms with van der Waals surface area (Å²) in [5.74, 6) is -0.280. The van der Waals surface area contributed by atoms with E-state index in [1.54, 1.807) is 13.0 Å². The molecule has 7 nitrogen and oxygen atoms in total. The molecule has 0 aromatic heterocycles. The standard InChI is InChI=1S/C11H19N3O4S2/c1-8-6-10(12)11(7-9(8)2)20(17,18)14-4-3-5-19(13,15)16/h6-7,14H,3-5,12H2,1-2H3,(H2,13,15,16). The maximum Gasteiger partial charge on any atom is 0.242 e. The molecule has 0 unspecified atom stereocenters. The van der Waals surface area contributed by atoms with Gasteiger partial charge in [0.25, 0.3) is 0 Å². The summed E-state index contributed by atoms with van der Waals surface area (Å²) >= 11 is 0. The first-order chi connectivity index (χ1) is 9.03. The van der Waals surface area contributed by atoms with Crippen LogP contribution >= 0.6 is 0 Å². The molecule has 0 aliphatic carbocycles. The molecule has 0 amide bonds. The Morgan fingerprint density at radius 3 is 2.20 bits per heavy atom. The third-order valence-electron chi connectivity index (χ3n) is 2.81. The number of nitrogens with two attached hydrogens (primary N) is 2. The molecular weight excluding hydrogens is 302 g/mol. The van der Waals surface area contributed by atoms with Crippen LogP contribution in [0.15, 0.2) is 17.0 Å². The molecule has 0 atom stereocenters. The summed E-state index contributed by atoms with van der Waals surface area (Å²) < 4.78 is 47.9. The minimum absolute atomic E-state index is 0.00351. The zero-order chi connectivity index (χ0) is 15.6. The molecule has 0 saturated carbocycles. The maximum absolute atomic E-state index is 12.1. The molecule has 0 bridgehead atoms. The van der Waals surface area contributed by atoms with E-state index in [1.165, 1.54) is 6.07 Å². The molecule has 9 heteroatoms. The Hall–Kier alpha value is -1.16. The summed E-state index contributed by atoms with van der Waals surface area (Å²) in [6.07, 6.45) is 0.100. The topological polar surface area (TPSA) is 132 Å². The molecule has 114 valence electrons. The second kappa shape index (κ2) is 6.08. The molecule has 1 aromatic carbocycles. The molecule has 1 rings (SSSR count). The average Bonchev–Trinajstić information content (AvgIpc) is 2.28. The molecule has 5 N–H and O–H groups in total. The van der Waals surface area contributed by atoms with Crippen LogP contribution in [0.2, 0.25) is 0 Å². The summed E-state index contributed by atoms with van der Waals surface area (Å²) in [5.41, 5.74) is 7.58. The van der Waals surface area contributed by atoms with Crippen LogP contribution in [0.25, 0.3) is 0 Å². The molecular formula is C11H19N3O4S2. The van der Waals surface area contributed by atoms with Crippen molar-refractivity contribution in [2.45, 2.75) is 25.2 Å². The van der Waals surface area contributed by atoms with Gasteiger partial charge in [-0.2, -0.15) is 0 Å². The fourth-order valence-corrected chi connectivity index (χ4v) is 3.42. The Kier molecular flexibility index (Phi) is 5.14. The lowest BCUT2D eigenvalue weighted by atomic mass is 10.1. The Morgan fingerprint density at radius 1 is 1.10 bits per heavy atom. The smallest absolute Gasteiger partial charge is 0.242 e. The number of benzene rings is 1. The lowest BCUT2D eigenvalue weighted by Gasteiger charge is -2.11. The highest BCUT2D eigenvalue weighted by molar-refractivity contribution is 7.89. The highest BCUT2D eigenvalue weighted by Crippen LogP contribution is 2.22. The van der Waals surface area contributed by atoms with Crippen molar-refractivity contribution in [1.82, 2.24) is 4.72 Å². The Balaban J connectivity index is 2.82. The van der Waals surface area contributed by atoms with Gasteiger partial charge in [0.1, 0.15) is 4.90 Å². The monoisotopic (exact) mass is 321 g/mol.